The summed E-state index contributed by atoms with van der Waals surface area (Å²) in [6, 6.07) is 6.43. The normalized spacial score (nSPS) is 14.4. The van der Waals surface area contributed by atoms with Gasteiger partial charge in [0.05, 0.1) is 5.41 Å². The Morgan fingerprint density at radius 3 is 2.50 bits per heavy atom. The second kappa shape index (κ2) is 6.34. The maximum Gasteiger partial charge on any atom is 0.114 e. The Morgan fingerprint density at radius 1 is 1.15 bits per heavy atom. The summed E-state index contributed by atoms with van der Waals surface area (Å²) in [6.07, 6.45) is 10.6. The van der Waals surface area contributed by atoms with Crippen molar-refractivity contribution in [1.82, 2.24) is 4.57 Å². The average Bonchev–Trinajstić information content (AvgIpc) is 3.04. The zero-order valence-corrected chi connectivity index (χ0v) is 13.3. The van der Waals surface area contributed by atoms with Crippen LogP contribution in [0.1, 0.15) is 63.0 Å². The molecule has 2 nitrogen and oxygen atoms in total. The lowest BCUT2D eigenvalue weighted by Gasteiger charge is -2.27. The van der Waals surface area contributed by atoms with Gasteiger partial charge < -0.3 is 8.98 Å². The van der Waals surface area contributed by atoms with Gasteiger partial charge in [-0.25, -0.2) is 0 Å². The van der Waals surface area contributed by atoms with Crippen LogP contribution in [-0.4, -0.2) is 4.57 Å². The minimum absolute atomic E-state index is 0.0107. The summed E-state index contributed by atoms with van der Waals surface area (Å²) in [5, 5.41) is 0. The van der Waals surface area contributed by atoms with Crippen molar-refractivity contribution in [3.05, 3.63) is 47.7 Å². The van der Waals surface area contributed by atoms with Crippen molar-refractivity contribution in [1.29, 1.82) is 0 Å². The van der Waals surface area contributed by atoms with Crippen LogP contribution in [0.15, 0.2) is 35.0 Å². The molecule has 0 saturated carbocycles. The quantitative estimate of drug-likeness (QED) is 0.634. The molecular formula is C18H27NO. The van der Waals surface area contributed by atoms with Gasteiger partial charge in [-0.2, -0.15) is 0 Å². The van der Waals surface area contributed by atoms with Crippen LogP contribution in [0.2, 0.25) is 0 Å². The molecule has 0 fully saturated rings. The highest BCUT2D eigenvalue weighted by Crippen LogP contribution is 2.38. The second-order valence-electron chi connectivity index (χ2n) is 6.12. The molecule has 110 valence electrons. The van der Waals surface area contributed by atoms with E-state index in [0.29, 0.717) is 0 Å². The first kappa shape index (κ1) is 15.0. The van der Waals surface area contributed by atoms with Gasteiger partial charge in [-0.15, -0.1) is 0 Å². The van der Waals surface area contributed by atoms with Gasteiger partial charge in [-0.3, -0.25) is 0 Å². The number of aryl methyl sites for hydroxylation is 2. The van der Waals surface area contributed by atoms with Gasteiger partial charge >= 0.3 is 0 Å². The van der Waals surface area contributed by atoms with Gasteiger partial charge in [0.15, 0.2) is 0 Å². The first-order valence-electron chi connectivity index (χ1n) is 7.75. The number of unbranched alkanes of at least 4 members (excludes halogenated alkanes) is 3. The Kier molecular flexibility index (Phi) is 4.74. The van der Waals surface area contributed by atoms with E-state index in [1.165, 1.54) is 31.2 Å². The predicted octanol–water partition coefficient (Wildman–Crippen LogP) is 5.20. The molecular weight excluding hydrogens is 246 g/mol. The molecule has 1 atom stereocenters. The molecule has 1 unspecified atom stereocenters. The Bertz CT molecular complexity index is 495. The number of aromatic nitrogens is 1. The summed E-state index contributed by atoms with van der Waals surface area (Å²) in [5.41, 5.74) is 1.34. The van der Waals surface area contributed by atoms with E-state index in [2.05, 4.69) is 56.1 Å². The molecule has 2 heteroatoms. The molecule has 0 aliphatic rings. The molecule has 2 heterocycles. The highest BCUT2D eigenvalue weighted by atomic mass is 16.3. The van der Waals surface area contributed by atoms with E-state index in [-0.39, 0.29) is 5.41 Å². The minimum Gasteiger partial charge on any atom is -0.465 e. The maximum atomic E-state index is 5.96. The number of rotatable bonds is 7. The first-order chi connectivity index (χ1) is 9.56. The summed E-state index contributed by atoms with van der Waals surface area (Å²) < 4.78 is 8.08. The molecule has 0 aliphatic carbocycles. The fourth-order valence-electron chi connectivity index (χ4n) is 2.88. The van der Waals surface area contributed by atoms with E-state index in [1.807, 2.05) is 6.92 Å². The number of furan rings is 1. The molecule has 0 radical (unpaired) electrons. The largest absolute Gasteiger partial charge is 0.465 e. The predicted molar refractivity (Wildman–Crippen MR) is 84.1 cm³/mol. The van der Waals surface area contributed by atoms with Crippen molar-refractivity contribution in [2.45, 2.75) is 58.3 Å². The monoisotopic (exact) mass is 273 g/mol. The van der Waals surface area contributed by atoms with Crippen LogP contribution < -0.4 is 0 Å². The summed E-state index contributed by atoms with van der Waals surface area (Å²) in [4.78, 5) is 0. The number of hydrogen-bond donors (Lipinski definition) is 0. The van der Waals surface area contributed by atoms with Gasteiger partial charge in [0.2, 0.25) is 0 Å². The molecule has 2 rings (SSSR count). The van der Waals surface area contributed by atoms with Crippen molar-refractivity contribution >= 4 is 0 Å². The van der Waals surface area contributed by atoms with Crippen LogP contribution in [0.4, 0.5) is 0 Å². The van der Waals surface area contributed by atoms with E-state index in [1.54, 1.807) is 0 Å². The highest BCUT2D eigenvalue weighted by molar-refractivity contribution is 5.32. The second-order valence-corrected chi connectivity index (χ2v) is 6.12. The van der Waals surface area contributed by atoms with Gasteiger partial charge in [0.1, 0.15) is 11.5 Å². The van der Waals surface area contributed by atoms with Crippen LogP contribution in [0, 0.1) is 6.92 Å². The van der Waals surface area contributed by atoms with Crippen LogP contribution in [-0.2, 0) is 12.5 Å². The van der Waals surface area contributed by atoms with Gasteiger partial charge in [-0.05, 0) is 44.0 Å². The third-order valence-corrected chi connectivity index (χ3v) is 4.28. The molecule has 20 heavy (non-hydrogen) atoms. The van der Waals surface area contributed by atoms with Crippen LogP contribution in [0.3, 0.4) is 0 Å². The number of nitrogens with zero attached hydrogens (tertiary/aromatic N) is 1. The summed E-state index contributed by atoms with van der Waals surface area (Å²) in [6.45, 7) is 6.59. The van der Waals surface area contributed by atoms with Crippen molar-refractivity contribution in [2.75, 3.05) is 0 Å². The zero-order valence-electron chi connectivity index (χ0n) is 13.3. The van der Waals surface area contributed by atoms with E-state index < -0.39 is 0 Å². The van der Waals surface area contributed by atoms with Crippen LogP contribution in [0.5, 0.6) is 0 Å². The molecule has 0 bridgehead atoms. The zero-order chi connectivity index (χ0) is 14.6. The molecule has 0 N–H and O–H groups in total. The summed E-state index contributed by atoms with van der Waals surface area (Å²) >= 11 is 0. The lowest BCUT2D eigenvalue weighted by Crippen LogP contribution is -2.22. The molecule has 0 spiro atoms. The molecule has 2 aromatic heterocycles. The highest BCUT2D eigenvalue weighted by Gasteiger charge is 2.32. The van der Waals surface area contributed by atoms with E-state index >= 15 is 0 Å². The fourth-order valence-corrected chi connectivity index (χ4v) is 2.88. The molecule has 0 aliphatic heterocycles. The fraction of sp³-hybridized carbons (Fsp3) is 0.556. The molecule has 0 saturated heterocycles. The topological polar surface area (TPSA) is 18.1 Å². The lowest BCUT2D eigenvalue weighted by molar-refractivity contribution is 0.366. The Morgan fingerprint density at radius 2 is 1.95 bits per heavy atom. The van der Waals surface area contributed by atoms with Crippen molar-refractivity contribution in [3.63, 3.8) is 0 Å². The summed E-state index contributed by atoms with van der Waals surface area (Å²) in [5.74, 6) is 2.09. The van der Waals surface area contributed by atoms with Crippen molar-refractivity contribution < 1.29 is 4.42 Å². The Balaban J connectivity index is 2.23. The first-order valence-corrected chi connectivity index (χ1v) is 7.75. The standard InChI is InChI=1S/C18H27NO/c1-5-6-7-8-12-18(3,16-11-13-19(4)14-16)17-10-9-15(2)20-17/h9-11,13-14H,5-8,12H2,1-4H3. The minimum atomic E-state index is -0.0107. The van der Waals surface area contributed by atoms with Crippen LogP contribution >= 0.6 is 0 Å². The third kappa shape index (κ3) is 3.17. The van der Waals surface area contributed by atoms with E-state index in [9.17, 15) is 0 Å². The van der Waals surface area contributed by atoms with Crippen LogP contribution in [0.25, 0.3) is 0 Å². The molecule has 0 aromatic carbocycles. The number of hydrogen-bond acceptors (Lipinski definition) is 1. The Labute approximate surface area is 122 Å². The average molecular weight is 273 g/mol. The van der Waals surface area contributed by atoms with Crippen molar-refractivity contribution in [3.8, 4) is 0 Å². The van der Waals surface area contributed by atoms with E-state index in [4.69, 9.17) is 4.42 Å². The molecule has 0 amide bonds. The lowest BCUT2D eigenvalue weighted by atomic mass is 9.77. The SMILES string of the molecule is CCCCCCC(C)(c1ccn(C)c1)c1ccc(C)o1. The maximum absolute atomic E-state index is 5.96. The molecule has 2 aromatic rings. The Hall–Kier alpha value is -1.44. The van der Waals surface area contributed by atoms with Gasteiger partial charge in [0, 0.05) is 19.4 Å². The smallest absolute Gasteiger partial charge is 0.114 e. The van der Waals surface area contributed by atoms with E-state index in [0.717, 1.165) is 17.9 Å². The third-order valence-electron chi connectivity index (χ3n) is 4.28. The summed E-state index contributed by atoms with van der Waals surface area (Å²) in [7, 11) is 2.08. The van der Waals surface area contributed by atoms with Gasteiger partial charge in [0.25, 0.3) is 0 Å². The van der Waals surface area contributed by atoms with Gasteiger partial charge in [-0.1, -0.05) is 32.6 Å². The van der Waals surface area contributed by atoms with Crippen molar-refractivity contribution in [2.24, 2.45) is 7.05 Å².